The van der Waals surface area contributed by atoms with E-state index in [0.29, 0.717) is 23.3 Å². The summed E-state index contributed by atoms with van der Waals surface area (Å²) in [7, 11) is 0. The third-order valence-electron chi connectivity index (χ3n) is 6.03. The molecule has 0 aromatic heterocycles. The lowest BCUT2D eigenvalue weighted by Gasteiger charge is -2.59. The molecule has 3 heteroatoms. The molecule has 0 spiro atoms. The van der Waals surface area contributed by atoms with Crippen LogP contribution in [0.5, 0.6) is 0 Å². The van der Waals surface area contributed by atoms with Crippen molar-refractivity contribution in [3.8, 4) is 0 Å². The lowest BCUT2D eigenvalue weighted by molar-refractivity contribution is -0.171. The van der Waals surface area contributed by atoms with Crippen molar-refractivity contribution in [3.05, 3.63) is 34.6 Å². The first-order chi connectivity index (χ1) is 9.54. The van der Waals surface area contributed by atoms with Crippen molar-refractivity contribution in [3.63, 3.8) is 0 Å². The SMILES string of the molecule is OC1(Cc2cc(F)ccc2Cl)C2CC3CC(C2)CC1C3. The van der Waals surface area contributed by atoms with Crippen LogP contribution in [0.2, 0.25) is 5.02 Å². The van der Waals surface area contributed by atoms with E-state index in [1.54, 1.807) is 6.07 Å². The fourth-order valence-corrected chi connectivity index (χ4v) is 5.46. The molecule has 1 aromatic rings. The van der Waals surface area contributed by atoms with E-state index in [1.807, 2.05) is 0 Å². The second kappa shape index (κ2) is 4.45. The molecule has 5 rings (SSSR count). The summed E-state index contributed by atoms with van der Waals surface area (Å²) in [6.45, 7) is 0. The van der Waals surface area contributed by atoms with Crippen LogP contribution in [0.4, 0.5) is 4.39 Å². The quantitative estimate of drug-likeness (QED) is 0.866. The van der Waals surface area contributed by atoms with E-state index in [-0.39, 0.29) is 5.82 Å². The Morgan fingerprint density at radius 1 is 1.10 bits per heavy atom. The molecule has 108 valence electrons. The predicted molar refractivity (Wildman–Crippen MR) is 77.1 cm³/mol. The number of rotatable bonds is 2. The van der Waals surface area contributed by atoms with Crippen LogP contribution in [0, 0.1) is 29.5 Å². The summed E-state index contributed by atoms with van der Waals surface area (Å²) < 4.78 is 13.4. The standard InChI is InChI=1S/C17H20ClFO/c18-16-2-1-15(19)8-12(16)9-17(20)13-4-10-3-11(6-13)7-14(17)5-10/h1-2,8,10-11,13-14,20H,3-7,9H2. The highest BCUT2D eigenvalue weighted by molar-refractivity contribution is 6.31. The predicted octanol–water partition coefficient (Wildman–Crippen LogP) is 4.21. The zero-order valence-corrected chi connectivity index (χ0v) is 12.2. The molecule has 0 amide bonds. The van der Waals surface area contributed by atoms with E-state index in [0.717, 1.165) is 43.1 Å². The molecule has 20 heavy (non-hydrogen) atoms. The maximum atomic E-state index is 13.4. The second-order valence-corrected chi connectivity index (χ2v) is 7.62. The van der Waals surface area contributed by atoms with Crippen molar-refractivity contribution in [2.24, 2.45) is 23.7 Å². The van der Waals surface area contributed by atoms with Gasteiger partial charge in [-0.2, -0.15) is 0 Å². The first-order valence-corrected chi connectivity index (χ1v) is 8.08. The summed E-state index contributed by atoms with van der Waals surface area (Å²) in [5.74, 6) is 2.15. The molecular formula is C17H20ClFO. The van der Waals surface area contributed by atoms with Gasteiger partial charge in [-0.3, -0.25) is 0 Å². The lowest BCUT2D eigenvalue weighted by atomic mass is 9.49. The molecule has 0 heterocycles. The van der Waals surface area contributed by atoms with Crippen molar-refractivity contribution in [1.82, 2.24) is 0 Å². The normalized spacial score (nSPS) is 42.1. The van der Waals surface area contributed by atoms with Crippen LogP contribution in [0.15, 0.2) is 18.2 Å². The maximum absolute atomic E-state index is 13.4. The van der Waals surface area contributed by atoms with Crippen molar-refractivity contribution < 1.29 is 9.50 Å². The van der Waals surface area contributed by atoms with Crippen molar-refractivity contribution >= 4 is 11.6 Å². The van der Waals surface area contributed by atoms with E-state index >= 15 is 0 Å². The Morgan fingerprint density at radius 3 is 2.30 bits per heavy atom. The molecule has 4 saturated carbocycles. The molecule has 0 atom stereocenters. The van der Waals surface area contributed by atoms with Gasteiger partial charge in [0.2, 0.25) is 0 Å². The fraction of sp³-hybridized carbons (Fsp3) is 0.647. The van der Waals surface area contributed by atoms with Crippen LogP contribution < -0.4 is 0 Å². The van der Waals surface area contributed by atoms with Crippen LogP contribution in [0.25, 0.3) is 0 Å². The van der Waals surface area contributed by atoms with Gasteiger partial charge in [-0.25, -0.2) is 4.39 Å². The minimum Gasteiger partial charge on any atom is -0.389 e. The zero-order valence-electron chi connectivity index (χ0n) is 11.5. The number of halogens is 2. The molecule has 4 fully saturated rings. The van der Waals surface area contributed by atoms with E-state index in [2.05, 4.69) is 0 Å². The van der Waals surface area contributed by atoms with Gasteiger partial charge >= 0.3 is 0 Å². The van der Waals surface area contributed by atoms with Gasteiger partial charge in [0.15, 0.2) is 0 Å². The van der Waals surface area contributed by atoms with E-state index in [9.17, 15) is 9.50 Å². The summed E-state index contributed by atoms with van der Waals surface area (Å²) in [5.41, 5.74) is 0.104. The van der Waals surface area contributed by atoms with Crippen LogP contribution in [0.3, 0.4) is 0 Å². The second-order valence-electron chi connectivity index (χ2n) is 7.21. The summed E-state index contributed by atoms with van der Waals surface area (Å²) in [4.78, 5) is 0. The highest BCUT2D eigenvalue weighted by Gasteiger charge is 2.56. The van der Waals surface area contributed by atoms with E-state index in [4.69, 9.17) is 11.6 Å². The molecular weight excluding hydrogens is 275 g/mol. The Morgan fingerprint density at radius 2 is 1.70 bits per heavy atom. The molecule has 1 aromatic carbocycles. The largest absolute Gasteiger partial charge is 0.389 e. The minimum atomic E-state index is -0.662. The molecule has 0 aliphatic heterocycles. The van der Waals surface area contributed by atoms with Gasteiger partial charge in [0.1, 0.15) is 5.82 Å². The zero-order chi connectivity index (χ0) is 13.9. The average molecular weight is 295 g/mol. The highest BCUT2D eigenvalue weighted by atomic mass is 35.5. The first kappa shape index (κ1) is 13.1. The minimum absolute atomic E-state index is 0.267. The number of hydrogen-bond donors (Lipinski definition) is 1. The maximum Gasteiger partial charge on any atom is 0.123 e. The van der Waals surface area contributed by atoms with Gasteiger partial charge in [0, 0.05) is 11.4 Å². The Balaban J connectivity index is 1.66. The topological polar surface area (TPSA) is 20.2 Å². The molecule has 0 radical (unpaired) electrons. The van der Waals surface area contributed by atoms with Gasteiger partial charge in [-0.15, -0.1) is 0 Å². The Labute approximate surface area is 124 Å². The van der Waals surface area contributed by atoms with E-state index < -0.39 is 5.60 Å². The van der Waals surface area contributed by atoms with Crippen LogP contribution in [-0.4, -0.2) is 10.7 Å². The van der Waals surface area contributed by atoms with Crippen LogP contribution in [-0.2, 0) is 6.42 Å². The van der Waals surface area contributed by atoms with Gasteiger partial charge in [-0.1, -0.05) is 11.6 Å². The summed E-state index contributed by atoms with van der Waals surface area (Å²) in [5, 5.41) is 11.9. The number of benzene rings is 1. The lowest BCUT2D eigenvalue weighted by Crippen LogP contribution is -2.58. The third-order valence-corrected chi connectivity index (χ3v) is 6.40. The molecule has 4 aliphatic carbocycles. The summed E-state index contributed by atoms with van der Waals surface area (Å²) in [6, 6.07) is 4.48. The van der Waals surface area contributed by atoms with E-state index in [1.165, 1.54) is 18.6 Å². The van der Waals surface area contributed by atoms with Gasteiger partial charge < -0.3 is 5.11 Å². The van der Waals surface area contributed by atoms with Gasteiger partial charge in [0.05, 0.1) is 5.60 Å². The highest BCUT2D eigenvalue weighted by Crippen LogP contribution is 2.59. The van der Waals surface area contributed by atoms with Gasteiger partial charge in [0.25, 0.3) is 0 Å². The molecule has 4 aliphatic rings. The smallest absolute Gasteiger partial charge is 0.123 e. The monoisotopic (exact) mass is 294 g/mol. The molecule has 4 bridgehead atoms. The molecule has 1 N–H and O–H groups in total. The average Bonchev–Trinajstić information content (AvgIpc) is 2.40. The fourth-order valence-electron chi connectivity index (χ4n) is 5.27. The molecule has 0 saturated heterocycles. The summed E-state index contributed by atoms with van der Waals surface area (Å²) >= 11 is 6.19. The third kappa shape index (κ3) is 1.92. The molecule has 1 nitrogen and oxygen atoms in total. The van der Waals surface area contributed by atoms with Crippen molar-refractivity contribution in [2.75, 3.05) is 0 Å². The first-order valence-electron chi connectivity index (χ1n) is 7.71. The summed E-state index contributed by atoms with van der Waals surface area (Å²) in [6.07, 6.45) is 6.47. The van der Waals surface area contributed by atoms with Crippen molar-refractivity contribution in [1.29, 1.82) is 0 Å². The van der Waals surface area contributed by atoms with Gasteiger partial charge in [-0.05, 0) is 79.5 Å². The van der Waals surface area contributed by atoms with Crippen molar-refractivity contribution in [2.45, 2.75) is 44.1 Å². The Hall–Kier alpha value is -0.600. The molecule has 0 unspecified atom stereocenters. The van der Waals surface area contributed by atoms with Crippen LogP contribution >= 0.6 is 11.6 Å². The Kier molecular flexibility index (Phi) is 2.91. The number of aliphatic hydroxyl groups is 1. The Bertz CT molecular complexity index is 514. The number of hydrogen-bond acceptors (Lipinski definition) is 1. The van der Waals surface area contributed by atoms with Crippen LogP contribution in [0.1, 0.15) is 37.7 Å².